The number of rotatable bonds is 3. The largest absolute Gasteiger partial charge is 0.481 e. The summed E-state index contributed by atoms with van der Waals surface area (Å²) in [5.74, 6) is -1.25. The molecule has 86 valence electrons. The third-order valence-corrected chi connectivity index (χ3v) is 3.51. The SMILES string of the molecule is O=C(O)C1CCC1Cc1ccc(F)c(Cl)c1. The number of halogens is 2. The van der Waals surface area contributed by atoms with Crippen LogP contribution in [-0.2, 0) is 11.2 Å². The maximum absolute atomic E-state index is 12.9. The van der Waals surface area contributed by atoms with Gasteiger partial charge in [-0.1, -0.05) is 17.7 Å². The van der Waals surface area contributed by atoms with E-state index in [2.05, 4.69) is 0 Å². The highest BCUT2D eigenvalue weighted by molar-refractivity contribution is 6.30. The van der Waals surface area contributed by atoms with Crippen molar-refractivity contribution < 1.29 is 14.3 Å². The summed E-state index contributed by atoms with van der Waals surface area (Å²) >= 11 is 5.67. The van der Waals surface area contributed by atoms with Crippen LogP contribution in [0.25, 0.3) is 0 Å². The molecule has 4 heteroatoms. The van der Waals surface area contributed by atoms with Crippen molar-refractivity contribution in [2.24, 2.45) is 11.8 Å². The van der Waals surface area contributed by atoms with E-state index in [4.69, 9.17) is 16.7 Å². The molecule has 1 aliphatic rings. The molecule has 0 saturated heterocycles. The molecule has 0 aliphatic heterocycles. The van der Waals surface area contributed by atoms with E-state index in [1.165, 1.54) is 6.07 Å². The van der Waals surface area contributed by atoms with Crippen molar-refractivity contribution in [3.8, 4) is 0 Å². The van der Waals surface area contributed by atoms with Crippen molar-refractivity contribution in [2.75, 3.05) is 0 Å². The molecule has 1 aromatic carbocycles. The minimum Gasteiger partial charge on any atom is -0.481 e. The van der Waals surface area contributed by atoms with Crippen molar-refractivity contribution in [3.63, 3.8) is 0 Å². The molecule has 1 aromatic rings. The lowest BCUT2D eigenvalue weighted by Crippen LogP contribution is -2.34. The van der Waals surface area contributed by atoms with Crippen LogP contribution in [0.5, 0.6) is 0 Å². The average molecular weight is 243 g/mol. The van der Waals surface area contributed by atoms with E-state index in [1.807, 2.05) is 0 Å². The third-order valence-electron chi connectivity index (χ3n) is 3.22. The predicted octanol–water partition coefficient (Wildman–Crippen LogP) is 3.13. The summed E-state index contributed by atoms with van der Waals surface area (Å²) < 4.78 is 12.9. The molecule has 2 atom stereocenters. The van der Waals surface area contributed by atoms with Gasteiger partial charge in [0.25, 0.3) is 0 Å². The first kappa shape index (κ1) is 11.4. The molecular formula is C12H12ClFO2. The Morgan fingerprint density at radius 1 is 1.50 bits per heavy atom. The lowest BCUT2D eigenvalue weighted by atomic mass is 9.71. The van der Waals surface area contributed by atoms with E-state index in [0.29, 0.717) is 6.42 Å². The molecule has 0 heterocycles. The maximum atomic E-state index is 12.9. The fraction of sp³-hybridized carbons (Fsp3) is 0.417. The highest BCUT2D eigenvalue weighted by Crippen LogP contribution is 2.37. The molecule has 0 amide bonds. The first-order valence-electron chi connectivity index (χ1n) is 5.24. The molecule has 2 unspecified atom stereocenters. The van der Waals surface area contributed by atoms with Gasteiger partial charge in [-0.05, 0) is 42.9 Å². The Kier molecular flexibility index (Phi) is 3.15. The van der Waals surface area contributed by atoms with Gasteiger partial charge >= 0.3 is 5.97 Å². The fourth-order valence-electron chi connectivity index (χ4n) is 2.11. The minimum absolute atomic E-state index is 0.101. The van der Waals surface area contributed by atoms with Gasteiger partial charge in [0.2, 0.25) is 0 Å². The Balaban J connectivity index is 2.04. The molecule has 2 rings (SSSR count). The van der Waals surface area contributed by atoms with Gasteiger partial charge in [0.15, 0.2) is 0 Å². The molecule has 0 bridgehead atoms. The summed E-state index contributed by atoms with van der Waals surface area (Å²) in [6, 6.07) is 4.57. The van der Waals surface area contributed by atoms with E-state index in [0.717, 1.165) is 18.4 Å². The molecule has 2 nitrogen and oxygen atoms in total. The molecule has 0 aromatic heterocycles. The smallest absolute Gasteiger partial charge is 0.306 e. The maximum Gasteiger partial charge on any atom is 0.306 e. The third kappa shape index (κ3) is 2.19. The Labute approximate surface area is 98.0 Å². The Morgan fingerprint density at radius 3 is 2.75 bits per heavy atom. The number of carbonyl (C=O) groups is 1. The molecule has 1 saturated carbocycles. The number of hydrogen-bond acceptors (Lipinski definition) is 1. The van der Waals surface area contributed by atoms with Gasteiger partial charge in [-0.2, -0.15) is 0 Å². The zero-order valence-corrected chi connectivity index (χ0v) is 9.38. The van der Waals surface area contributed by atoms with Gasteiger partial charge in [0.05, 0.1) is 10.9 Å². The van der Waals surface area contributed by atoms with Crippen molar-refractivity contribution in [1.29, 1.82) is 0 Å². The summed E-state index contributed by atoms with van der Waals surface area (Å²) in [5.41, 5.74) is 0.905. The van der Waals surface area contributed by atoms with Gasteiger partial charge in [-0.15, -0.1) is 0 Å². The number of hydrogen-bond donors (Lipinski definition) is 1. The van der Waals surface area contributed by atoms with Gasteiger partial charge in [-0.3, -0.25) is 4.79 Å². The second-order valence-electron chi connectivity index (χ2n) is 4.23. The highest BCUT2D eigenvalue weighted by Gasteiger charge is 2.36. The van der Waals surface area contributed by atoms with Crippen molar-refractivity contribution in [3.05, 3.63) is 34.6 Å². The van der Waals surface area contributed by atoms with Crippen LogP contribution in [0.3, 0.4) is 0 Å². The standard InChI is InChI=1S/C12H12ClFO2/c13-10-6-7(1-4-11(10)14)5-8-2-3-9(8)12(15)16/h1,4,6,8-9H,2-3,5H2,(H,15,16). The minimum atomic E-state index is -0.732. The van der Waals surface area contributed by atoms with Crippen LogP contribution in [0.15, 0.2) is 18.2 Å². The summed E-state index contributed by atoms with van der Waals surface area (Å²) in [5, 5.41) is 8.99. The quantitative estimate of drug-likeness (QED) is 0.884. The Bertz CT molecular complexity index is 419. The van der Waals surface area contributed by atoms with E-state index in [9.17, 15) is 9.18 Å². The summed E-state index contributed by atoms with van der Waals surface area (Å²) in [6.07, 6.45) is 2.33. The zero-order chi connectivity index (χ0) is 11.7. The first-order valence-corrected chi connectivity index (χ1v) is 5.62. The molecule has 16 heavy (non-hydrogen) atoms. The van der Waals surface area contributed by atoms with Gasteiger partial charge < -0.3 is 5.11 Å². The average Bonchev–Trinajstić information content (AvgIpc) is 2.17. The normalized spacial score (nSPS) is 23.9. The topological polar surface area (TPSA) is 37.3 Å². The Hall–Kier alpha value is -1.09. The van der Waals surface area contributed by atoms with Crippen LogP contribution in [0.2, 0.25) is 5.02 Å². The molecule has 0 spiro atoms. The van der Waals surface area contributed by atoms with E-state index in [-0.39, 0.29) is 16.9 Å². The van der Waals surface area contributed by atoms with Gasteiger partial charge in [0, 0.05) is 0 Å². The summed E-state index contributed by atoms with van der Waals surface area (Å²) in [4.78, 5) is 10.8. The predicted molar refractivity (Wildman–Crippen MR) is 59.0 cm³/mol. The fourth-order valence-corrected chi connectivity index (χ4v) is 2.31. The lowest BCUT2D eigenvalue weighted by Gasteiger charge is -2.33. The molecule has 1 aliphatic carbocycles. The van der Waals surface area contributed by atoms with Crippen molar-refractivity contribution in [2.45, 2.75) is 19.3 Å². The second-order valence-corrected chi connectivity index (χ2v) is 4.64. The number of aliphatic carboxylic acids is 1. The summed E-state index contributed by atoms with van der Waals surface area (Å²) in [6.45, 7) is 0. The molecule has 0 radical (unpaired) electrons. The van der Waals surface area contributed by atoms with Crippen molar-refractivity contribution >= 4 is 17.6 Å². The number of benzene rings is 1. The summed E-state index contributed by atoms with van der Waals surface area (Å²) in [7, 11) is 0. The molecular weight excluding hydrogens is 231 g/mol. The van der Waals surface area contributed by atoms with Crippen LogP contribution < -0.4 is 0 Å². The highest BCUT2D eigenvalue weighted by atomic mass is 35.5. The number of carboxylic acid groups (broad SMARTS) is 1. The van der Waals surface area contributed by atoms with Gasteiger partial charge in [0.1, 0.15) is 5.82 Å². The molecule has 1 fully saturated rings. The van der Waals surface area contributed by atoms with E-state index in [1.54, 1.807) is 12.1 Å². The van der Waals surface area contributed by atoms with E-state index >= 15 is 0 Å². The van der Waals surface area contributed by atoms with Crippen molar-refractivity contribution in [1.82, 2.24) is 0 Å². The number of carboxylic acids is 1. The second kappa shape index (κ2) is 4.42. The van der Waals surface area contributed by atoms with Crippen LogP contribution in [0.4, 0.5) is 4.39 Å². The Morgan fingerprint density at radius 2 is 2.25 bits per heavy atom. The van der Waals surface area contributed by atoms with Crippen LogP contribution in [-0.4, -0.2) is 11.1 Å². The monoisotopic (exact) mass is 242 g/mol. The zero-order valence-electron chi connectivity index (χ0n) is 8.62. The van der Waals surface area contributed by atoms with Crippen LogP contribution in [0.1, 0.15) is 18.4 Å². The first-order chi connectivity index (χ1) is 7.58. The van der Waals surface area contributed by atoms with Gasteiger partial charge in [-0.25, -0.2) is 4.39 Å². The van der Waals surface area contributed by atoms with Crippen LogP contribution in [0, 0.1) is 17.7 Å². The van der Waals surface area contributed by atoms with E-state index < -0.39 is 11.8 Å². The molecule has 1 N–H and O–H groups in total. The van der Waals surface area contributed by atoms with Crippen LogP contribution >= 0.6 is 11.6 Å². The lowest BCUT2D eigenvalue weighted by molar-refractivity contribution is -0.147.